The van der Waals surface area contributed by atoms with E-state index in [-0.39, 0.29) is 35.2 Å². The minimum Gasteiger partial charge on any atom is -0.326 e. The van der Waals surface area contributed by atoms with Gasteiger partial charge in [-0.2, -0.15) is 4.31 Å². The smallest absolute Gasteiger partial charge is 0.243 e. The highest BCUT2D eigenvalue weighted by atomic mass is 32.2. The number of nitrogens with one attached hydrogen (secondary N) is 1. The third kappa shape index (κ3) is 4.61. The lowest BCUT2D eigenvalue weighted by atomic mass is 9.98. The van der Waals surface area contributed by atoms with Crippen LogP contribution in [0.5, 0.6) is 0 Å². The molecule has 0 aromatic heterocycles. The molecule has 0 unspecified atom stereocenters. The molecule has 2 atom stereocenters. The van der Waals surface area contributed by atoms with Crippen LogP contribution in [0.4, 0.5) is 11.4 Å². The molecule has 8 heteroatoms. The van der Waals surface area contributed by atoms with Crippen molar-refractivity contribution in [2.24, 2.45) is 11.8 Å². The summed E-state index contributed by atoms with van der Waals surface area (Å²) in [6, 6.07) is 11.0. The van der Waals surface area contributed by atoms with Gasteiger partial charge in [-0.25, -0.2) is 8.42 Å². The third-order valence-corrected chi connectivity index (χ3v) is 9.34. The molecule has 1 saturated heterocycles. The summed E-state index contributed by atoms with van der Waals surface area (Å²) >= 11 is 0. The molecule has 7 nitrogen and oxygen atoms in total. The Bertz CT molecular complexity index is 1290. The Labute approximate surface area is 207 Å². The second-order valence-electron chi connectivity index (χ2n) is 10.3. The van der Waals surface area contributed by atoms with Crippen molar-refractivity contribution in [1.82, 2.24) is 4.31 Å². The van der Waals surface area contributed by atoms with Crippen molar-refractivity contribution in [3.8, 4) is 0 Å². The normalized spacial score (nSPS) is 22.7. The van der Waals surface area contributed by atoms with Crippen LogP contribution in [0.1, 0.15) is 49.3 Å². The first kappa shape index (κ1) is 24.0. The first-order valence-electron chi connectivity index (χ1n) is 12.5. The molecule has 1 N–H and O–H groups in total. The summed E-state index contributed by atoms with van der Waals surface area (Å²) in [5, 5.41) is 3.00. The third-order valence-electron chi connectivity index (χ3n) is 7.47. The van der Waals surface area contributed by atoms with Crippen LogP contribution in [-0.2, 0) is 26.0 Å². The number of rotatable bonds is 5. The van der Waals surface area contributed by atoms with Gasteiger partial charge in [0, 0.05) is 36.4 Å². The Balaban J connectivity index is 1.32. The Morgan fingerprint density at radius 1 is 1.00 bits per heavy atom. The lowest BCUT2D eigenvalue weighted by Crippen LogP contribution is -2.43. The quantitative estimate of drug-likeness (QED) is 0.679. The van der Waals surface area contributed by atoms with Gasteiger partial charge in [-0.3, -0.25) is 9.59 Å². The van der Waals surface area contributed by atoms with Crippen LogP contribution in [0.15, 0.2) is 41.3 Å². The van der Waals surface area contributed by atoms with Crippen molar-refractivity contribution in [2.75, 3.05) is 23.3 Å². The standard InChI is InChI=1S/C27H33N3O4S/c1-17-6-7-18(2)24(13-17)28-26(31)21-5-4-12-29(16-21)35(33,34)23-10-11-25-22(15-23)14-19(3)30(25)27(32)20-8-9-20/h6-7,10-11,13,15,19-21H,4-5,8-9,12,14,16H2,1-3H3,(H,28,31)/t19-,21-/m1/s1. The number of benzene rings is 2. The zero-order valence-electron chi connectivity index (χ0n) is 20.6. The van der Waals surface area contributed by atoms with E-state index in [0.717, 1.165) is 40.9 Å². The molecule has 2 aliphatic heterocycles. The molecule has 35 heavy (non-hydrogen) atoms. The van der Waals surface area contributed by atoms with Crippen LogP contribution in [0.25, 0.3) is 0 Å². The Kier molecular flexibility index (Phi) is 6.21. The van der Waals surface area contributed by atoms with E-state index in [9.17, 15) is 18.0 Å². The Morgan fingerprint density at radius 3 is 2.51 bits per heavy atom. The number of carbonyl (C=O) groups excluding carboxylic acids is 2. The first-order valence-corrected chi connectivity index (χ1v) is 13.9. The summed E-state index contributed by atoms with van der Waals surface area (Å²) in [5.74, 6) is -0.275. The molecule has 0 radical (unpaired) electrons. The molecule has 2 aromatic carbocycles. The van der Waals surface area contributed by atoms with Crippen molar-refractivity contribution in [3.63, 3.8) is 0 Å². The highest BCUT2D eigenvalue weighted by Gasteiger charge is 2.40. The topological polar surface area (TPSA) is 86.8 Å². The molecule has 2 amide bonds. The molecule has 186 valence electrons. The van der Waals surface area contributed by atoms with E-state index in [1.165, 1.54) is 4.31 Å². The number of fused-ring (bicyclic) bond motifs is 1. The van der Waals surface area contributed by atoms with Crippen molar-refractivity contribution < 1.29 is 18.0 Å². The number of hydrogen-bond donors (Lipinski definition) is 1. The maximum atomic E-state index is 13.5. The van der Waals surface area contributed by atoms with E-state index in [2.05, 4.69) is 5.32 Å². The van der Waals surface area contributed by atoms with Gasteiger partial charge in [0.25, 0.3) is 0 Å². The monoisotopic (exact) mass is 495 g/mol. The van der Waals surface area contributed by atoms with Gasteiger partial charge in [0.15, 0.2) is 0 Å². The highest BCUT2D eigenvalue weighted by Crippen LogP contribution is 2.40. The first-order chi connectivity index (χ1) is 16.6. The zero-order valence-corrected chi connectivity index (χ0v) is 21.4. The van der Waals surface area contributed by atoms with Gasteiger partial charge in [-0.1, -0.05) is 12.1 Å². The van der Waals surface area contributed by atoms with Crippen LogP contribution in [0.2, 0.25) is 0 Å². The number of amides is 2. The summed E-state index contributed by atoms with van der Waals surface area (Å²) in [6.45, 7) is 6.50. The van der Waals surface area contributed by atoms with E-state index in [0.29, 0.717) is 25.8 Å². The molecule has 5 rings (SSSR count). The van der Waals surface area contributed by atoms with Gasteiger partial charge >= 0.3 is 0 Å². The maximum absolute atomic E-state index is 13.5. The lowest BCUT2D eigenvalue weighted by molar-refractivity contribution is -0.121. The summed E-state index contributed by atoms with van der Waals surface area (Å²) < 4.78 is 28.5. The summed E-state index contributed by atoms with van der Waals surface area (Å²) in [5.41, 5.74) is 4.53. The van der Waals surface area contributed by atoms with Crippen molar-refractivity contribution in [3.05, 3.63) is 53.1 Å². The van der Waals surface area contributed by atoms with Gasteiger partial charge in [0.1, 0.15) is 0 Å². The minimum atomic E-state index is -3.75. The molecule has 1 saturated carbocycles. The predicted octanol–water partition coefficient (Wildman–Crippen LogP) is 4.03. The fourth-order valence-electron chi connectivity index (χ4n) is 5.26. The number of piperidine rings is 1. The maximum Gasteiger partial charge on any atom is 0.243 e. The van der Waals surface area contributed by atoms with Gasteiger partial charge < -0.3 is 10.2 Å². The second-order valence-corrected chi connectivity index (χ2v) is 12.3. The summed E-state index contributed by atoms with van der Waals surface area (Å²) in [7, 11) is -3.75. The largest absolute Gasteiger partial charge is 0.326 e. The van der Waals surface area contributed by atoms with E-state index in [4.69, 9.17) is 0 Å². The number of nitrogens with zero attached hydrogens (tertiary/aromatic N) is 2. The molecule has 0 bridgehead atoms. The molecule has 2 fully saturated rings. The van der Waals surface area contributed by atoms with Gasteiger partial charge in [-0.15, -0.1) is 0 Å². The van der Waals surface area contributed by atoms with Crippen LogP contribution < -0.4 is 10.2 Å². The number of aryl methyl sites for hydroxylation is 2. The van der Waals surface area contributed by atoms with Crippen LogP contribution in [0, 0.1) is 25.7 Å². The average molecular weight is 496 g/mol. The molecular formula is C27H33N3O4S. The highest BCUT2D eigenvalue weighted by molar-refractivity contribution is 7.89. The van der Waals surface area contributed by atoms with E-state index in [1.807, 2.05) is 43.9 Å². The van der Waals surface area contributed by atoms with Gasteiger partial charge in [0.2, 0.25) is 21.8 Å². The number of sulfonamides is 1. The van der Waals surface area contributed by atoms with Gasteiger partial charge in [0.05, 0.1) is 10.8 Å². The van der Waals surface area contributed by atoms with Crippen LogP contribution in [0.3, 0.4) is 0 Å². The van der Waals surface area contributed by atoms with Crippen molar-refractivity contribution in [2.45, 2.75) is 63.8 Å². The van der Waals surface area contributed by atoms with E-state index >= 15 is 0 Å². The molecule has 1 aliphatic carbocycles. The number of hydrogen-bond acceptors (Lipinski definition) is 4. The lowest BCUT2D eigenvalue weighted by Gasteiger charge is -2.31. The second kappa shape index (κ2) is 9.06. The predicted molar refractivity (Wildman–Crippen MR) is 136 cm³/mol. The summed E-state index contributed by atoms with van der Waals surface area (Å²) in [4.78, 5) is 27.8. The Hall–Kier alpha value is -2.71. The summed E-state index contributed by atoms with van der Waals surface area (Å²) in [6.07, 6.45) is 3.82. The molecule has 3 aliphatic rings. The van der Waals surface area contributed by atoms with Crippen LogP contribution >= 0.6 is 0 Å². The van der Waals surface area contributed by atoms with E-state index < -0.39 is 15.9 Å². The SMILES string of the molecule is Cc1ccc(C)c(NC(=O)[C@@H]2CCCN(S(=O)(=O)c3ccc4c(c3)C[C@@H](C)N4C(=O)C3CC3)C2)c1. The molecule has 0 spiro atoms. The fraction of sp³-hybridized carbons (Fsp3) is 0.481. The fourth-order valence-corrected chi connectivity index (χ4v) is 6.83. The van der Waals surface area contributed by atoms with Crippen molar-refractivity contribution in [1.29, 1.82) is 0 Å². The molecule has 2 heterocycles. The van der Waals surface area contributed by atoms with Crippen LogP contribution in [-0.4, -0.2) is 43.7 Å². The Morgan fingerprint density at radius 2 is 1.77 bits per heavy atom. The van der Waals surface area contributed by atoms with E-state index in [1.54, 1.807) is 18.2 Å². The van der Waals surface area contributed by atoms with Crippen molar-refractivity contribution >= 4 is 33.2 Å². The molecular weight excluding hydrogens is 462 g/mol. The zero-order chi connectivity index (χ0) is 24.9. The molecule has 2 aromatic rings. The average Bonchev–Trinajstić information content (AvgIpc) is 3.63. The number of carbonyl (C=O) groups is 2. The minimum absolute atomic E-state index is 0.0317. The number of anilines is 2. The van der Waals surface area contributed by atoms with Gasteiger partial charge in [-0.05, 0) is 93.8 Å².